The summed E-state index contributed by atoms with van der Waals surface area (Å²) < 4.78 is 0. The van der Waals surface area contributed by atoms with Gasteiger partial charge in [-0.2, -0.15) is 5.10 Å². The van der Waals surface area contributed by atoms with Crippen molar-refractivity contribution in [1.29, 1.82) is 0 Å². The molecule has 0 atom stereocenters. The average molecular weight is 291 g/mol. The second kappa shape index (κ2) is 6.72. The molecule has 1 aromatic heterocycles. The first-order valence-electron chi connectivity index (χ1n) is 7.24. The third-order valence-electron chi connectivity index (χ3n) is 3.48. The zero-order chi connectivity index (χ0) is 15.2. The summed E-state index contributed by atoms with van der Waals surface area (Å²) in [4.78, 5) is 11.8. The molecule has 0 aliphatic carbocycles. The van der Waals surface area contributed by atoms with E-state index in [4.69, 9.17) is 0 Å². The zero-order valence-corrected chi connectivity index (χ0v) is 12.1. The molecule has 1 amide bonds. The lowest BCUT2D eigenvalue weighted by molar-refractivity contribution is -0.116. The SMILES string of the molecule is O=C(CCc1ccc(-c2ccccc2)cc1)Nc1cn[nH]c1. The topological polar surface area (TPSA) is 57.8 Å². The summed E-state index contributed by atoms with van der Waals surface area (Å²) >= 11 is 0. The van der Waals surface area contributed by atoms with Crippen LogP contribution in [0, 0.1) is 0 Å². The average Bonchev–Trinajstić information content (AvgIpc) is 3.07. The maximum atomic E-state index is 11.8. The number of carbonyl (C=O) groups is 1. The van der Waals surface area contributed by atoms with Crippen molar-refractivity contribution in [2.75, 3.05) is 5.32 Å². The minimum absolute atomic E-state index is 0.00599. The summed E-state index contributed by atoms with van der Waals surface area (Å²) in [7, 11) is 0. The van der Waals surface area contributed by atoms with Crippen LogP contribution >= 0.6 is 0 Å². The number of nitrogens with zero attached hydrogens (tertiary/aromatic N) is 1. The molecule has 2 aromatic carbocycles. The van der Waals surface area contributed by atoms with Gasteiger partial charge in [0.2, 0.25) is 5.91 Å². The number of rotatable bonds is 5. The molecule has 0 aliphatic rings. The van der Waals surface area contributed by atoms with E-state index in [-0.39, 0.29) is 5.91 Å². The van der Waals surface area contributed by atoms with E-state index in [1.54, 1.807) is 12.4 Å². The van der Waals surface area contributed by atoms with Crippen LogP contribution in [0.5, 0.6) is 0 Å². The van der Waals surface area contributed by atoms with E-state index in [2.05, 4.69) is 51.9 Å². The van der Waals surface area contributed by atoms with Crippen molar-refractivity contribution in [2.24, 2.45) is 0 Å². The van der Waals surface area contributed by atoms with Crippen LogP contribution in [-0.4, -0.2) is 16.1 Å². The first-order valence-corrected chi connectivity index (χ1v) is 7.24. The number of aromatic amines is 1. The molecule has 0 saturated carbocycles. The molecule has 0 radical (unpaired) electrons. The van der Waals surface area contributed by atoms with Gasteiger partial charge in [-0.15, -0.1) is 0 Å². The third-order valence-corrected chi connectivity index (χ3v) is 3.48. The number of hydrogen-bond donors (Lipinski definition) is 2. The molecule has 4 nitrogen and oxygen atoms in total. The summed E-state index contributed by atoms with van der Waals surface area (Å²) in [6, 6.07) is 18.6. The molecule has 0 bridgehead atoms. The molecule has 1 heterocycles. The lowest BCUT2D eigenvalue weighted by atomic mass is 10.0. The van der Waals surface area contributed by atoms with Gasteiger partial charge in [0.25, 0.3) is 0 Å². The number of amides is 1. The van der Waals surface area contributed by atoms with Gasteiger partial charge in [0.05, 0.1) is 11.9 Å². The van der Waals surface area contributed by atoms with Crippen LogP contribution in [0.15, 0.2) is 67.0 Å². The highest BCUT2D eigenvalue weighted by Gasteiger charge is 2.04. The fraction of sp³-hybridized carbons (Fsp3) is 0.111. The van der Waals surface area contributed by atoms with Crippen LogP contribution in [0.1, 0.15) is 12.0 Å². The van der Waals surface area contributed by atoms with Gasteiger partial charge in [0.1, 0.15) is 0 Å². The first-order chi connectivity index (χ1) is 10.8. The zero-order valence-electron chi connectivity index (χ0n) is 12.1. The molecule has 0 spiro atoms. The standard InChI is InChI=1S/C18H17N3O/c22-18(21-17-12-19-20-13-17)11-8-14-6-9-16(10-7-14)15-4-2-1-3-5-15/h1-7,9-10,12-13H,8,11H2,(H,19,20)(H,21,22). The van der Waals surface area contributed by atoms with Gasteiger partial charge in [0.15, 0.2) is 0 Å². The fourth-order valence-electron chi connectivity index (χ4n) is 2.30. The third kappa shape index (κ3) is 3.61. The molecule has 3 aromatic rings. The number of benzene rings is 2. The number of anilines is 1. The van der Waals surface area contributed by atoms with Crippen LogP contribution in [0.4, 0.5) is 5.69 Å². The Morgan fingerprint density at radius 1 is 1.00 bits per heavy atom. The highest BCUT2D eigenvalue weighted by Crippen LogP contribution is 2.19. The monoisotopic (exact) mass is 291 g/mol. The molecule has 22 heavy (non-hydrogen) atoms. The lowest BCUT2D eigenvalue weighted by Gasteiger charge is -2.05. The molecular weight excluding hydrogens is 274 g/mol. The Kier molecular flexibility index (Phi) is 4.30. The minimum Gasteiger partial charge on any atom is -0.323 e. The second-order valence-electron chi connectivity index (χ2n) is 5.10. The maximum Gasteiger partial charge on any atom is 0.224 e. The molecular formula is C18H17N3O. The van der Waals surface area contributed by atoms with Gasteiger partial charge in [0, 0.05) is 12.6 Å². The number of aromatic nitrogens is 2. The van der Waals surface area contributed by atoms with Gasteiger partial charge in [-0.3, -0.25) is 9.89 Å². The molecule has 2 N–H and O–H groups in total. The Balaban J connectivity index is 1.56. The van der Waals surface area contributed by atoms with Gasteiger partial charge in [-0.1, -0.05) is 54.6 Å². The van der Waals surface area contributed by atoms with Crippen molar-refractivity contribution in [3.63, 3.8) is 0 Å². The second-order valence-corrected chi connectivity index (χ2v) is 5.10. The fourth-order valence-corrected chi connectivity index (χ4v) is 2.30. The minimum atomic E-state index is -0.00599. The van der Waals surface area contributed by atoms with Crippen LogP contribution in [0.2, 0.25) is 0 Å². The highest BCUT2D eigenvalue weighted by atomic mass is 16.1. The van der Waals surface area contributed by atoms with Gasteiger partial charge in [-0.05, 0) is 23.1 Å². The summed E-state index contributed by atoms with van der Waals surface area (Å²) in [5.74, 6) is -0.00599. The Morgan fingerprint density at radius 3 is 2.41 bits per heavy atom. The van der Waals surface area contributed by atoms with E-state index in [0.29, 0.717) is 12.1 Å². The molecule has 0 saturated heterocycles. The van der Waals surface area contributed by atoms with Crippen LogP contribution in [0.3, 0.4) is 0 Å². The number of hydrogen-bond acceptors (Lipinski definition) is 2. The van der Waals surface area contributed by atoms with E-state index in [1.165, 1.54) is 11.1 Å². The highest BCUT2D eigenvalue weighted by molar-refractivity contribution is 5.90. The Bertz CT molecular complexity index is 719. The van der Waals surface area contributed by atoms with Crippen LogP contribution in [0.25, 0.3) is 11.1 Å². The van der Waals surface area contributed by atoms with Crippen molar-refractivity contribution < 1.29 is 4.79 Å². The number of aryl methyl sites for hydroxylation is 1. The number of nitrogens with one attached hydrogen (secondary N) is 2. The van der Waals surface area contributed by atoms with Crippen molar-refractivity contribution in [3.05, 3.63) is 72.6 Å². The van der Waals surface area contributed by atoms with Gasteiger partial charge >= 0.3 is 0 Å². The predicted octanol–water partition coefficient (Wildman–Crippen LogP) is 3.65. The summed E-state index contributed by atoms with van der Waals surface area (Å²) in [5, 5.41) is 9.25. The van der Waals surface area contributed by atoms with Gasteiger partial charge < -0.3 is 5.32 Å². The maximum absolute atomic E-state index is 11.8. The normalized spacial score (nSPS) is 10.4. The Hall–Kier alpha value is -2.88. The van der Waals surface area contributed by atoms with Crippen molar-refractivity contribution in [3.8, 4) is 11.1 Å². The Morgan fingerprint density at radius 2 is 1.73 bits per heavy atom. The van der Waals surface area contributed by atoms with Crippen molar-refractivity contribution in [1.82, 2.24) is 10.2 Å². The lowest BCUT2D eigenvalue weighted by Crippen LogP contribution is -2.11. The predicted molar refractivity (Wildman–Crippen MR) is 87.4 cm³/mol. The van der Waals surface area contributed by atoms with E-state index in [0.717, 1.165) is 12.0 Å². The Labute approximate surface area is 129 Å². The molecule has 0 aliphatic heterocycles. The molecule has 0 fully saturated rings. The molecule has 4 heteroatoms. The molecule has 3 rings (SSSR count). The van der Waals surface area contributed by atoms with E-state index in [1.807, 2.05) is 18.2 Å². The van der Waals surface area contributed by atoms with Crippen molar-refractivity contribution >= 4 is 11.6 Å². The van der Waals surface area contributed by atoms with Gasteiger partial charge in [-0.25, -0.2) is 0 Å². The smallest absolute Gasteiger partial charge is 0.224 e. The summed E-state index contributed by atoms with van der Waals surface area (Å²) in [6.07, 6.45) is 4.42. The molecule has 0 unspecified atom stereocenters. The summed E-state index contributed by atoms with van der Waals surface area (Å²) in [6.45, 7) is 0. The number of H-pyrrole nitrogens is 1. The van der Waals surface area contributed by atoms with E-state index in [9.17, 15) is 4.79 Å². The summed E-state index contributed by atoms with van der Waals surface area (Å²) in [5.41, 5.74) is 4.24. The number of carbonyl (C=O) groups excluding carboxylic acids is 1. The van der Waals surface area contributed by atoms with Crippen LogP contribution < -0.4 is 5.32 Å². The van der Waals surface area contributed by atoms with Crippen molar-refractivity contribution in [2.45, 2.75) is 12.8 Å². The van der Waals surface area contributed by atoms with E-state index >= 15 is 0 Å². The van der Waals surface area contributed by atoms with Crippen LogP contribution in [-0.2, 0) is 11.2 Å². The molecule has 110 valence electrons. The first kappa shape index (κ1) is 14.1. The quantitative estimate of drug-likeness (QED) is 0.754. The van der Waals surface area contributed by atoms with E-state index < -0.39 is 0 Å². The largest absolute Gasteiger partial charge is 0.323 e.